The molecule has 6 fully saturated rings. The lowest BCUT2D eigenvalue weighted by atomic mass is 9.46. The second kappa shape index (κ2) is 4.74. The van der Waals surface area contributed by atoms with E-state index < -0.39 is 5.60 Å². The Bertz CT molecular complexity index is 613. The van der Waals surface area contributed by atoms with Crippen molar-refractivity contribution in [2.45, 2.75) is 75.1 Å². The highest BCUT2D eigenvalue weighted by Crippen LogP contribution is 2.63. The van der Waals surface area contributed by atoms with Gasteiger partial charge in [-0.25, -0.2) is 0 Å². The molecule has 1 heterocycles. The van der Waals surface area contributed by atoms with Crippen LogP contribution in [0.3, 0.4) is 0 Å². The number of hydrogen-bond donors (Lipinski definition) is 2. The Hall–Kier alpha value is -1.12. The van der Waals surface area contributed by atoms with Gasteiger partial charge in [0.15, 0.2) is 0 Å². The number of carbonyl (C=O) groups excluding carboxylic acids is 1. The van der Waals surface area contributed by atoms with E-state index in [0.29, 0.717) is 23.8 Å². The van der Waals surface area contributed by atoms with Gasteiger partial charge in [0.25, 0.3) is 0 Å². The molecule has 0 aromatic heterocycles. The van der Waals surface area contributed by atoms with Gasteiger partial charge in [0.05, 0.1) is 17.7 Å². The van der Waals surface area contributed by atoms with Crippen LogP contribution in [-0.4, -0.2) is 46.7 Å². The molecule has 1 saturated heterocycles. The van der Waals surface area contributed by atoms with Gasteiger partial charge < -0.3 is 15.3 Å². The van der Waals surface area contributed by atoms with Gasteiger partial charge in [-0.05, 0) is 81.6 Å². The topological polar surface area (TPSA) is 76.4 Å². The first kappa shape index (κ1) is 15.2. The van der Waals surface area contributed by atoms with Crippen molar-refractivity contribution in [3.63, 3.8) is 0 Å². The highest BCUT2D eigenvalue weighted by molar-refractivity contribution is 5.85. The standard InChI is InChI=1S/C19H27N3O2/c1-21-16(17(23)22-14(9-20)3-13-4-15(13)22)18-5-11-2-12(6-18)8-19(24,7-11)10-18/h11-16,21,24H,2-8,10H2,1H3/t11-,12+,13-,14+,15+,16?,18?,19?/m1/s1. The van der Waals surface area contributed by atoms with Gasteiger partial charge in [-0.3, -0.25) is 4.79 Å². The van der Waals surface area contributed by atoms with Gasteiger partial charge >= 0.3 is 0 Å². The lowest BCUT2D eigenvalue weighted by molar-refractivity contribution is -0.180. The summed E-state index contributed by atoms with van der Waals surface area (Å²) in [6.07, 6.45) is 7.86. The summed E-state index contributed by atoms with van der Waals surface area (Å²) in [5, 5.41) is 23.8. The van der Waals surface area contributed by atoms with Crippen LogP contribution in [0.1, 0.15) is 51.4 Å². The van der Waals surface area contributed by atoms with Gasteiger partial charge in [-0.1, -0.05) is 0 Å². The van der Waals surface area contributed by atoms with Crippen molar-refractivity contribution in [3.8, 4) is 6.07 Å². The highest BCUT2D eigenvalue weighted by atomic mass is 16.3. The second-order valence-electron chi connectivity index (χ2n) is 9.46. The van der Waals surface area contributed by atoms with Crippen LogP contribution in [0, 0.1) is 34.5 Å². The van der Waals surface area contributed by atoms with Gasteiger partial charge in [-0.2, -0.15) is 5.26 Å². The van der Waals surface area contributed by atoms with Crippen molar-refractivity contribution in [3.05, 3.63) is 0 Å². The van der Waals surface area contributed by atoms with E-state index >= 15 is 0 Å². The van der Waals surface area contributed by atoms with Crippen LogP contribution in [0.2, 0.25) is 0 Å². The second-order valence-corrected chi connectivity index (χ2v) is 9.46. The molecule has 5 nitrogen and oxygen atoms in total. The number of fused-ring (bicyclic) bond motifs is 1. The number of likely N-dealkylation sites (tertiary alicyclic amines) is 1. The van der Waals surface area contributed by atoms with E-state index in [1.165, 1.54) is 6.42 Å². The summed E-state index contributed by atoms with van der Waals surface area (Å²) in [6, 6.07) is 2.16. The first-order chi connectivity index (χ1) is 11.5. The molecule has 5 aliphatic carbocycles. The van der Waals surface area contributed by atoms with E-state index in [0.717, 1.165) is 44.9 Å². The lowest BCUT2D eigenvalue weighted by Crippen LogP contribution is -2.65. The van der Waals surface area contributed by atoms with Crippen molar-refractivity contribution < 1.29 is 9.90 Å². The number of amides is 1. The molecule has 130 valence electrons. The fraction of sp³-hybridized carbons (Fsp3) is 0.895. The molecule has 2 N–H and O–H groups in total. The van der Waals surface area contributed by atoms with Crippen molar-refractivity contribution in [1.82, 2.24) is 10.2 Å². The minimum absolute atomic E-state index is 0.113. The predicted molar refractivity (Wildman–Crippen MR) is 87.7 cm³/mol. The predicted octanol–water partition coefficient (Wildman–Crippen LogP) is 1.42. The van der Waals surface area contributed by atoms with Crippen molar-refractivity contribution >= 4 is 5.91 Å². The lowest BCUT2D eigenvalue weighted by Gasteiger charge is -2.62. The third-order valence-electron chi connectivity index (χ3n) is 7.73. The zero-order valence-corrected chi connectivity index (χ0v) is 14.4. The maximum Gasteiger partial charge on any atom is 0.241 e. The Morgan fingerprint density at radius 1 is 1.25 bits per heavy atom. The van der Waals surface area contributed by atoms with Crippen LogP contribution < -0.4 is 5.32 Å². The van der Waals surface area contributed by atoms with Crippen LogP contribution in [-0.2, 0) is 4.79 Å². The molecule has 6 rings (SSSR count). The molecular formula is C19H27N3O2. The zero-order chi connectivity index (χ0) is 16.7. The summed E-state index contributed by atoms with van der Waals surface area (Å²) in [5.41, 5.74) is -0.668. The van der Waals surface area contributed by atoms with E-state index in [1.807, 2.05) is 11.9 Å². The first-order valence-electron chi connectivity index (χ1n) is 9.58. The van der Waals surface area contributed by atoms with Crippen LogP contribution in [0.15, 0.2) is 0 Å². The number of nitrogens with one attached hydrogen (secondary N) is 1. The molecule has 24 heavy (non-hydrogen) atoms. The smallest absolute Gasteiger partial charge is 0.241 e. The summed E-state index contributed by atoms with van der Waals surface area (Å²) in [5.74, 6) is 1.81. The Balaban J connectivity index is 1.46. The normalized spacial score (nSPS) is 52.0. The van der Waals surface area contributed by atoms with Crippen molar-refractivity contribution in [2.24, 2.45) is 23.2 Å². The number of piperidine rings is 1. The van der Waals surface area contributed by atoms with E-state index in [1.54, 1.807) is 0 Å². The van der Waals surface area contributed by atoms with Crippen LogP contribution >= 0.6 is 0 Å². The molecule has 8 atom stereocenters. The monoisotopic (exact) mass is 329 g/mol. The first-order valence-corrected chi connectivity index (χ1v) is 9.58. The molecule has 0 spiro atoms. The minimum atomic E-state index is -0.554. The molecular weight excluding hydrogens is 302 g/mol. The molecule has 0 radical (unpaired) electrons. The van der Waals surface area contributed by atoms with E-state index in [9.17, 15) is 15.2 Å². The van der Waals surface area contributed by atoms with Crippen molar-refractivity contribution in [2.75, 3.05) is 7.05 Å². The molecule has 6 aliphatic rings. The summed E-state index contributed by atoms with van der Waals surface area (Å²) >= 11 is 0. The molecule has 5 saturated carbocycles. The highest BCUT2D eigenvalue weighted by Gasteiger charge is 2.63. The quantitative estimate of drug-likeness (QED) is 0.821. The van der Waals surface area contributed by atoms with Crippen LogP contribution in [0.4, 0.5) is 0 Å². The Kier molecular flexibility index (Phi) is 2.99. The summed E-state index contributed by atoms with van der Waals surface area (Å²) in [7, 11) is 1.88. The van der Waals surface area contributed by atoms with Crippen LogP contribution in [0.25, 0.3) is 0 Å². The Morgan fingerprint density at radius 3 is 2.54 bits per heavy atom. The summed E-state index contributed by atoms with van der Waals surface area (Å²) < 4.78 is 0. The zero-order valence-electron chi connectivity index (χ0n) is 14.4. The van der Waals surface area contributed by atoms with Crippen molar-refractivity contribution in [1.29, 1.82) is 5.26 Å². The fourth-order valence-electron chi connectivity index (χ4n) is 7.35. The van der Waals surface area contributed by atoms with E-state index in [4.69, 9.17) is 0 Å². The minimum Gasteiger partial charge on any atom is -0.390 e. The number of carbonyl (C=O) groups is 1. The number of likely N-dealkylation sites (N-methyl/N-ethyl adjacent to an activating group) is 1. The molecule has 4 bridgehead atoms. The largest absolute Gasteiger partial charge is 0.390 e. The summed E-state index contributed by atoms with van der Waals surface area (Å²) in [4.78, 5) is 15.3. The molecule has 1 amide bonds. The fourth-order valence-corrected chi connectivity index (χ4v) is 7.35. The third kappa shape index (κ3) is 1.96. The maximum absolute atomic E-state index is 13.4. The number of nitrogens with zero attached hydrogens (tertiary/aromatic N) is 2. The van der Waals surface area contributed by atoms with Crippen LogP contribution in [0.5, 0.6) is 0 Å². The summed E-state index contributed by atoms with van der Waals surface area (Å²) in [6.45, 7) is 0. The molecule has 5 heteroatoms. The van der Waals surface area contributed by atoms with Gasteiger partial charge in [-0.15, -0.1) is 0 Å². The molecule has 3 unspecified atom stereocenters. The van der Waals surface area contributed by atoms with E-state index in [2.05, 4.69) is 11.4 Å². The van der Waals surface area contributed by atoms with Gasteiger partial charge in [0, 0.05) is 6.04 Å². The van der Waals surface area contributed by atoms with E-state index in [-0.39, 0.29) is 23.4 Å². The molecule has 0 aromatic carbocycles. The average Bonchev–Trinajstić information content (AvgIpc) is 3.15. The Labute approximate surface area is 143 Å². The average molecular weight is 329 g/mol. The SMILES string of the molecule is CNC(C(=O)N1[C@H](C#N)C[C@@H]2C[C@@H]21)C12C[C@@H]3C[C@@H](CC(O)(C3)C1)C2. The van der Waals surface area contributed by atoms with Gasteiger partial charge in [0.2, 0.25) is 5.91 Å². The van der Waals surface area contributed by atoms with Gasteiger partial charge in [0.1, 0.15) is 6.04 Å². The Morgan fingerprint density at radius 2 is 1.96 bits per heavy atom. The number of aliphatic hydroxyl groups is 1. The molecule has 1 aliphatic heterocycles. The maximum atomic E-state index is 13.4. The number of hydrogen-bond acceptors (Lipinski definition) is 4. The third-order valence-corrected chi connectivity index (χ3v) is 7.73. The number of rotatable bonds is 3. The molecule has 0 aromatic rings. The number of nitriles is 1.